The van der Waals surface area contributed by atoms with Crippen LogP contribution in [0.3, 0.4) is 0 Å². The van der Waals surface area contributed by atoms with Crippen LogP contribution in [0.4, 0.5) is 5.69 Å². The first-order valence-corrected chi connectivity index (χ1v) is 11.6. The molecule has 0 amide bonds. The fourth-order valence-electron chi connectivity index (χ4n) is 3.57. The summed E-state index contributed by atoms with van der Waals surface area (Å²) in [7, 11) is -4.07. The summed E-state index contributed by atoms with van der Waals surface area (Å²) in [6.45, 7) is 0.0999. The Balaban J connectivity index is 1.77. The highest BCUT2D eigenvalue weighted by atomic mass is 79.9. The number of aromatic hydroxyl groups is 1. The summed E-state index contributed by atoms with van der Waals surface area (Å²) in [6, 6.07) is 11.2. The molecule has 1 aromatic carbocycles. The number of benzene rings is 1. The van der Waals surface area contributed by atoms with Crippen LogP contribution in [-0.4, -0.2) is 33.9 Å². The van der Waals surface area contributed by atoms with Gasteiger partial charge < -0.3 is 10.4 Å². The first-order valence-electron chi connectivity index (χ1n) is 9.36. The van der Waals surface area contributed by atoms with Crippen molar-refractivity contribution >= 4 is 48.5 Å². The number of pyridine rings is 3. The Bertz CT molecular complexity index is 1600. The van der Waals surface area contributed by atoms with Gasteiger partial charge >= 0.3 is 0 Å². The number of nitrogens with zero attached hydrogens (tertiary/aromatic N) is 4. The molecule has 5 rings (SSSR count). The number of hydrogen-bond acceptors (Lipinski definition) is 7. The number of aromatic nitrogens is 3. The topological polar surface area (TPSA) is 127 Å². The summed E-state index contributed by atoms with van der Waals surface area (Å²) in [5.74, 6) is -0.652. The van der Waals surface area contributed by atoms with Crippen LogP contribution in [0, 0.1) is 0 Å². The lowest BCUT2D eigenvalue weighted by Crippen LogP contribution is -2.33. The highest BCUT2D eigenvalue weighted by molar-refractivity contribution is 9.10. The zero-order valence-corrected chi connectivity index (χ0v) is 18.6. The van der Waals surface area contributed by atoms with Gasteiger partial charge in [-0.1, -0.05) is 12.1 Å². The molecule has 2 N–H and O–H groups in total. The number of halogens is 1. The second-order valence-corrected chi connectivity index (χ2v) is 9.53. The van der Waals surface area contributed by atoms with E-state index in [-0.39, 0.29) is 39.6 Å². The van der Waals surface area contributed by atoms with Gasteiger partial charge in [-0.05, 0) is 51.8 Å². The molecule has 3 aromatic heterocycles. The third kappa shape index (κ3) is 3.35. The Morgan fingerprint density at radius 3 is 2.75 bits per heavy atom. The van der Waals surface area contributed by atoms with Crippen molar-refractivity contribution in [2.45, 2.75) is 11.4 Å². The maximum Gasteiger partial charge on any atom is 0.286 e. The number of nitrogens with one attached hydrogen (secondary N) is 1. The summed E-state index contributed by atoms with van der Waals surface area (Å²) in [4.78, 5) is 21.9. The molecule has 1 aliphatic heterocycles. The zero-order valence-electron chi connectivity index (χ0n) is 16.2. The smallest absolute Gasteiger partial charge is 0.286 e. The van der Waals surface area contributed by atoms with Crippen LogP contribution in [0.1, 0.15) is 11.1 Å². The number of hydrogen-bond donors (Lipinski definition) is 2. The number of sulfonamides is 1. The van der Waals surface area contributed by atoms with Gasteiger partial charge in [0.25, 0.3) is 15.6 Å². The maximum atomic E-state index is 13.5. The Kier molecular flexibility index (Phi) is 4.79. The van der Waals surface area contributed by atoms with Gasteiger partial charge in [0.1, 0.15) is 21.9 Å². The van der Waals surface area contributed by atoms with Crippen molar-refractivity contribution in [2.75, 3.05) is 5.32 Å². The van der Waals surface area contributed by atoms with Gasteiger partial charge in [0.05, 0.1) is 17.6 Å². The molecule has 9 nitrogen and oxygen atoms in total. The van der Waals surface area contributed by atoms with E-state index in [1.165, 1.54) is 16.8 Å². The molecule has 0 radical (unpaired) electrons. The molecule has 0 atom stereocenters. The number of para-hydroxylation sites is 1. The molecule has 0 aliphatic carbocycles. The average Bonchev–Trinajstić information content (AvgIpc) is 2.76. The molecular weight excluding hydrogens is 498 g/mol. The SMILES string of the molecule is O=c1c(C2=NS(=O)(=O)c3ccccc3N2)c(O)c2cccnc2n1Cc1cncc(Br)c1. The second-order valence-electron chi connectivity index (χ2n) is 7.04. The number of anilines is 1. The van der Waals surface area contributed by atoms with Gasteiger partial charge in [0, 0.05) is 23.1 Å². The van der Waals surface area contributed by atoms with Gasteiger partial charge in [-0.2, -0.15) is 8.42 Å². The van der Waals surface area contributed by atoms with Crippen molar-refractivity contribution in [3.05, 3.63) is 87.0 Å². The van der Waals surface area contributed by atoms with Crippen molar-refractivity contribution < 1.29 is 13.5 Å². The fourth-order valence-corrected chi connectivity index (χ4v) is 5.11. The molecule has 1 aliphatic rings. The normalized spacial score (nSPS) is 14.5. The molecule has 160 valence electrons. The van der Waals surface area contributed by atoms with Gasteiger partial charge in [-0.25, -0.2) is 4.98 Å². The van der Waals surface area contributed by atoms with Crippen molar-refractivity contribution in [3.8, 4) is 5.75 Å². The average molecular weight is 512 g/mol. The van der Waals surface area contributed by atoms with Crippen molar-refractivity contribution in [1.82, 2.24) is 14.5 Å². The molecular formula is C21H14BrN5O4S. The van der Waals surface area contributed by atoms with Crippen LogP contribution in [0.15, 0.2) is 79.6 Å². The van der Waals surface area contributed by atoms with Crippen LogP contribution in [-0.2, 0) is 16.6 Å². The Morgan fingerprint density at radius 1 is 1.12 bits per heavy atom. The third-order valence-electron chi connectivity index (χ3n) is 4.96. The molecule has 11 heteroatoms. The highest BCUT2D eigenvalue weighted by Gasteiger charge is 2.29. The summed E-state index contributed by atoms with van der Waals surface area (Å²) >= 11 is 3.36. The summed E-state index contributed by atoms with van der Waals surface area (Å²) in [5.41, 5.74) is 0.325. The van der Waals surface area contributed by atoms with Crippen molar-refractivity contribution in [3.63, 3.8) is 0 Å². The molecule has 0 spiro atoms. The van der Waals surface area contributed by atoms with Crippen molar-refractivity contribution in [1.29, 1.82) is 0 Å². The van der Waals surface area contributed by atoms with Crippen LogP contribution in [0.25, 0.3) is 11.0 Å². The second kappa shape index (κ2) is 7.53. The number of amidine groups is 1. The summed E-state index contributed by atoms with van der Waals surface area (Å²) in [5, 5.41) is 14.1. The van der Waals surface area contributed by atoms with Gasteiger partial charge in [0.15, 0.2) is 5.84 Å². The van der Waals surface area contributed by atoms with E-state index in [2.05, 4.69) is 35.6 Å². The molecule has 32 heavy (non-hydrogen) atoms. The lowest BCUT2D eigenvalue weighted by Gasteiger charge is -2.20. The molecule has 4 aromatic rings. The molecule has 0 bridgehead atoms. The predicted octanol–water partition coefficient (Wildman–Crippen LogP) is 2.87. The van der Waals surface area contributed by atoms with E-state index >= 15 is 0 Å². The Hall–Kier alpha value is -3.57. The standard InChI is InChI=1S/C21H14BrN5O4S/c22-13-8-12(9-23-10-13)11-27-20-14(4-3-7-24-20)18(28)17(21(27)29)19-25-15-5-1-2-6-16(15)32(30,31)26-19/h1-10,28H,11H2,(H,25,26). The molecule has 0 saturated heterocycles. The van der Waals surface area contributed by atoms with Gasteiger partial charge in [-0.15, -0.1) is 4.40 Å². The molecule has 4 heterocycles. The summed E-state index contributed by atoms with van der Waals surface area (Å²) in [6.07, 6.45) is 4.73. The van der Waals surface area contributed by atoms with Gasteiger partial charge in [-0.3, -0.25) is 14.3 Å². The van der Waals surface area contributed by atoms with E-state index in [0.29, 0.717) is 5.56 Å². The molecule has 0 saturated carbocycles. The molecule has 0 fully saturated rings. The Labute approximate surface area is 190 Å². The monoisotopic (exact) mass is 511 g/mol. The minimum Gasteiger partial charge on any atom is -0.506 e. The lowest BCUT2D eigenvalue weighted by atomic mass is 10.1. The fraction of sp³-hybridized carbons (Fsp3) is 0.0476. The number of rotatable bonds is 3. The first kappa shape index (κ1) is 20.3. The molecule has 0 unspecified atom stereocenters. The Morgan fingerprint density at radius 2 is 1.94 bits per heavy atom. The van der Waals surface area contributed by atoms with E-state index < -0.39 is 21.3 Å². The lowest BCUT2D eigenvalue weighted by molar-refractivity contribution is 0.477. The minimum absolute atomic E-state index is 0.00812. The minimum atomic E-state index is -4.07. The van der Waals surface area contributed by atoms with E-state index in [4.69, 9.17) is 0 Å². The van der Waals surface area contributed by atoms with E-state index in [1.807, 2.05) is 0 Å². The van der Waals surface area contributed by atoms with E-state index in [9.17, 15) is 18.3 Å². The maximum absolute atomic E-state index is 13.5. The largest absolute Gasteiger partial charge is 0.506 e. The van der Waals surface area contributed by atoms with E-state index in [1.54, 1.807) is 48.8 Å². The van der Waals surface area contributed by atoms with Crippen molar-refractivity contribution in [2.24, 2.45) is 4.40 Å². The highest BCUT2D eigenvalue weighted by Crippen LogP contribution is 2.31. The van der Waals surface area contributed by atoms with Crippen LogP contribution in [0.5, 0.6) is 5.75 Å². The predicted molar refractivity (Wildman–Crippen MR) is 122 cm³/mol. The quantitative estimate of drug-likeness (QED) is 0.432. The summed E-state index contributed by atoms with van der Waals surface area (Å²) < 4.78 is 31.3. The van der Waals surface area contributed by atoms with E-state index in [0.717, 1.165) is 4.47 Å². The van der Waals surface area contributed by atoms with Crippen LogP contribution in [0.2, 0.25) is 0 Å². The van der Waals surface area contributed by atoms with Gasteiger partial charge in [0.2, 0.25) is 0 Å². The first-order chi connectivity index (χ1) is 15.3. The van der Waals surface area contributed by atoms with Crippen LogP contribution < -0.4 is 10.9 Å². The third-order valence-corrected chi connectivity index (χ3v) is 6.73. The van der Waals surface area contributed by atoms with Crippen LogP contribution >= 0.6 is 15.9 Å². The zero-order chi connectivity index (χ0) is 22.5. The number of fused-ring (bicyclic) bond motifs is 2.